The van der Waals surface area contributed by atoms with Gasteiger partial charge in [0.2, 0.25) is 0 Å². The fraction of sp³-hybridized carbons (Fsp3) is 0.120. The Bertz CT molecular complexity index is 1500. The van der Waals surface area contributed by atoms with Crippen LogP contribution in [0.4, 0.5) is 0 Å². The molecule has 34 heavy (non-hydrogen) atoms. The molecule has 0 N–H and O–H groups in total. The van der Waals surface area contributed by atoms with E-state index < -0.39 is 5.41 Å². The molecule has 0 aliphatic heterocycles. The normalized spacial score (nSPS) is 11.6. The number of aromatic nitrogens is 8. The molecule has 6 rings (SSSR count). The molecule has 9 heteroatoms. The summed E-state index contributed by atoms with van der Waals surface area (Å²) >= 11 is 0. The van der Waals surface area contributed by atoms with Crippen LogP contribution in [0.5, 0.6) is 0 Å². The Morgan fingerprint density at radius 3 is 1.59 bits per heavy atom. The summed E-state index contributed by atoms with van der Waals surface area (Å²) < 4.78 is 3.65. The molecule has 0 aromatic carbocycles. The van der Waals surface area contributed by atoms with E-state index in [-0.39, 0.29) is 20.4 Å². The molecule has 0 aliphatic carbocycles. The summed E-state index contributed by atoms with van der Waals surface area (Å²) in [5, 5.41) is 0. The van der Waals surface area contributed by atoms with Gasteiger partial charge in [0.1, 0.15) is 0 Å². The zero-order chi connectivity index (χ0) is 22.4. The van der Waals surface area contributed by atoms with Crippen LogP contribution in [0, 0.1) is 12.7 Å². The quantitative estimate of drug-likeness (QED) is 0.251. The van der Waals surface area contributed by atoms with Gasteiger partial charge >= 0.3 is 20.4 Å². The van der Waals surface area contributed by atoms with Crippen molar-refractivity contribution in [1.29, 1.82) is 0 Å². The number of rotatable bonds is 4. The summed E-state index contributed by atoms with van der Waals surface area (Å²) in [6.45, 7) is 4.22. The molecule has 0 saturated carbocycles. The molecular weight excluding hydrogens is 519 g/mol. The third kappa shape index (κ3) is 3.59. The van der Waals surface area contributed by atoms with Crippen LogP contribution >= 0.6 is 0 Å². The zero-order valence-corrected chi connectivity index (χ0v) is 19.9. The number of hydrogen-bond donors (Lipinski definition) is 0. The predicted molar refractivity (Wildman–Crippen MR) is 123 cm³/mol. The molecule has 0 spiro atoms. The molecule has 0 atom stereocenters. The van der Waals surface area contributed by atoms with Crippen LogP contribution in [-0.2, 0) is 25.8 Å². The van der Waals surface area contributed by atoms with Gasteiger partial charge in [-0.15, -0.1) is 0 Å². The fourth-order valence-corrected chi connectivity index (χ4v) is 3.87. The van der Waals surface area contributed by atoms with Gasteiger partial charge in [-0.25, -0.2) is 0 Å². The van der Waals surface area contributed by atoms with Crippen molar-refractivity contribution in [2.45, 2.75) is 19.3 Å². The first-order valence-corrected chi connectivity index (χ1v) is 10.5. The van der Waals surface area contributed by atoms with E-state index in [0.29, 0.717) is 11.3 Å². The van der Waals surface area contributed by atoms with Gasteiger partial charge in [0.25, 0.3) is 0 Å². The maximum Gasteiger partial charge on any atom is 2.00 e. The van der Waals surface area contributed by atoms with E-state index in [4.69, 9.17) is 9.97 Å². The molecule has 6 aromatic rings. The number of pyridine rings is 4. The van der Waals surface area contributed by atoms with Gasteiger partial charge < -0.3 is 19.1 Å². The predicted octanol–water partition coefficient (Wildman–Crippen LogP) is 3.87. The van der Waals surface area contributed by atoms with E-state index in [1.54, 1.807) is 12.4 Å². The molecule has 0 fully saturated rings. The minimum absolute atomic E-state index is 0. The van der Waals surface area contributed by atoms with Crippen molar-refractivity contribution in [2.75, 3.05) is 0 Å². The number of nitrogens with zero attached hydrogens (tertiary/aromatic N) is 8. The summed E-state index contributed by atoms with van der Waals surface area (Å²) in [5.41, 5.74) is 4.28. The summed E-state index contributed by atoms with van der Waals surface area (Å²) in [7, 11) is 0. The molecular formula is C25H18N8Pd. The van der Waals surface area contributed by atoms with E-state index in [9.17, 15) is 0 Å². The van der Waals surface area contributed by atoms with E-state index in [2.05, 4.69) is 46.4 Å². The number of imidazole rings is 2. The molecule has 6 aromatic heterocycles. The Morgan fingerprint density at radius 1 is 0.647 bits per heavy atom. The third-order valence-corrected chi connectivity index (χ3v) is 5.73. The minimum atomic E-state index is -0.463. The molecule has 168 valence electrons. The average Bonchev–Trinajstić information content (AvgIpc) is 3.49. The topological polar surface area (TPSA) is 87.2 Å². The summed E-state index contributed by atoms with van der Waals surface area (Å²) in [6, 6.07) is 19.5. The van der Waals surface area contributed by atoms with E-state index in [1.807, 2.05) is 69.8 Å². The molecule has 6 heterocycles. The maximum absolute atomic E-state index is 4.94. The Balaban J connectivity index is 0.00000241. The van der Waals surface area contributed by atoms with E-state index in [0.717, 1.165) is 34.1 Å². The second-order valence-electron chi connectivity index (χ2n) is 8.17. The minimum Gasteiger partial charge on any atom is -0.410 e. The maximum atomic E-state index is 4.94. The van der Waals surface area contributed by atoms with Crippen LogP contribution in [0.2, 0.25) is 0 Å². The zero-order valence-electron chi connectivity index (χ0n) is 18.3. The largest absolute Gasteiger partial charge is 2.00 e. The van der Waals surface area contributed by atoms with Crippen LogP contribution < -0.4 is 0 Å². The van der Waals surface area contributed by atoms with Crippen LogP contribution in [0.3, 0.4) is 0 Å². The summed E-state index contributed by atoms with van der Waals surface area (Å²) in [5.74, 6) is 1.46. The Hall–Kier alpha value is -3.80. The van der Waals surface area contributed by atoms with Gasteiger partial charge in [-0.1, -0.05) is 48.5 Å². The van der Waals surface area contributed by atoms with E-state index >= 15 is 0 Å². The van der Waals surface area contributed by atoms with E-state index in [1.165, 1.54) is 0 Å². The van der Waals surface area contributed by atoms with Crippen LogP contribution in [0.1, 0.15) is 25.2 Å². The van der Waals surface area contributed by atoms with Crippen molar-refractivity contribution in [3.8, 4) is 11.6 Å². The van der Waals surface area contributed by atoms with Crippen LogP contribution in [0.25, 0.3) is 34.0 Å². The Labute approximate surface area is 209 Å². The average molecular weight is 537 g/mol. The SMILES string of the molecule is CC(C)(c1cccc(-n2[c-]nc3ncccc32)n1)c1cccc(-n2[c-]nc3ncccc32)n1.[Pd+2]. The fourth-order valence-electron chi connectivity index (χ4n) is 3.87. The molecule has 0 bridgehead atoms. The molecule has 0 radical (unpaired) electrons. The van der Waals surface area contributed by atoms with Gasteiger partial charge in [-0.3, -0.25) is 19.9 Å². The first-order chi connectivity index (χ1) is 16.1. The second-order valence-corrected chi connectivity index (χ2v) is 8.17. The summed E-state index contributed by atoms with van der Waals surface area (Å²) in [4.78, 5) is 27.0. The first-order valence-electron chi connectivity index (χ1n) is 10.5. The number of fused-ring (bicyclic) bond motifs is 2. The van der Waals surface area contributed by atoms with Crippen molar-refractivity contribution in [2.24, 2.45) is 0 Å². The molecule has 8 nitrogen and oxygen atoms in total. The van der Waals surface area contributed by atoms with Crippen molar-refractivity contribution in [1.82, 2.24) is 39.0 Å². The van der Waals surface area contributed by atoms with Crippen molar-refractivity contribution in [3.63, 3.8) is 0 Å². The van der Waals surface area contributed by atoms with Gasteiger partial charge in [-0.2, -0.15) is 0 Å². The molecule has 0 amide bonds. The van der Waals surface area contributed by atoms with Crippen LogP contribution in [-0.4, -0.2) is 39.0 Å². The van der Waals surface area contributed by atoms with Crippen LogP contribution in [0.15, 0.2) is 73.1 Å². The smallest absolute Gasteiger partial charge is 0.410 e. The Morgan fingerprint density at radius 2 is 1.12 bits per heavy atom. The van der Waals surface area contributed by atoms with Crippen molar-refractivity contribution >= 4 is 22.3 Å². The van der Waals surface area contributed by atoms with Crippen molar-refractivity contribution in [3.05, 3.63) is 97.1 Å². The molecule has 0 unspecified atom stereocenters. The molecule has 0 saturated heterocycles. The van der Waals surface area contributed by atoms with Gasteiger partial charge in [-0.05, 0) is 37.0 Å². The van der Waals surface area contributed by atoms with Gasteiger partial charge in [0.05, 0.1) is 22.9 Å². The monoisotopic (exact) mass is 536 g/mol. The number of hydrogen-bond acceptors (Lipinski definition) is 6. The van der Waals surface area contributed by atoms with Crippen molar-refractivity contribution < 1.29 is 20.4 Å². The van der Waals surface area contributed by atoms with Gasteiger partial charge in [0, 0.05) is 41.9 Å². The molecule has 0 aliphatic rings. The first kappa shape index (κ1) is 22.0. The van der Waals surface area contributed by atoms with Gasteiger partial charge in [0.15, 0.2) is 0 Å². The Kier molecular flexibility index (Phi) is 5.52. The standard InChI is InChI=1S/C25H18N8.Pd/c1-25(2,19-9-3-11-21(30-19)32-15-28-23-17(32)7-5-13-26-23)20-10-4-12-22(31-20)33-16-29-24-18(33)8-6-14-27-24;/h3-14H,1-2H3;/q-2;+2. The second kappa shape index (κ2) is 8.52. The third-order valence-electron chi connectivity index (χ3n) is 5.73. The summed E-state index contributed by atoms with van der Waals surface area (Å²) in [6.07, 6.45) is 9.43.